The van der Waals surface area contributed by atoms with Gasteiger partial charge in [-0.2, -0.15) is 0 Å². The Kier molecular flexibility index (Phi) is 36.1. The largest absolute Gasteiger partial charge is 0.225 e. The van der Waals surface area contributed by atoms with Crippen LogP contribution in [-0.4, -0.2) is 15.0 Å². The van der Waals surface area contributed by atoms with E-state index in [1.54, 1.807) is 0 Å². The molecular formula is C3H7Cl4N3. The Balaban J connectivity index is -0.0000000450. The lowest BCUT2D eigenvalue weighted by molar-refractivity contribution is 1.05. The molecule has 0 unspecified atom stereocenters. The molecule has 0 radical (unpaired) electrons. The lowest BCUT2D eigenvalue weighted by atomic mass is 11.1. The average Bonchev–Trinajstić information content (AvgIpc) is 1.72. The van der Waals surface area contributed by atoms with Crippen molar-refractivity contribution in [1.29, 1.82) is 0 Å². The number of rotatable bonds is 0. The standard InChI is InChI=1S/C3H3N3.4ClH/c1-4-2-6-3-5-1;;;;/h1-3H;4*1H. The molecule has 0 aliphatic heterocycles. The second-order valence-corrected chi connectivity index (χ2v) is 0.794. The zero-order valence-corrected chi connectivity index (χ0v) is 7.97. The maximum Gasteiger partial charge on any atom is 0.119 e. The Labute approximate surface area is 83.7 Å². The third kappa shape index (κ3) is 11.0. The molecule has 0 aliphatic carbocycles. The first kappa shape index (κ1) is 22.5. The summed E-state index contributed by atoms with van der Waals surface area (Å²) in [7, 11) is 0. The molecular weight excluding hydrogens is 220 g/mol. The van der Waals surface area contributed by atoms with Crippen LogP contribution in [0.5, 0.6) is 0 Å². The van der Waals surface area contributed by atoms with Crippen molar-refractivity contribution >= 4 is 49.6 Å². The van der Waals surface area contributed by atoms with E-state index in [4.69, 9.17) is 0 Å². The molecule has 1 aromatic heterocycles. The van der Waals surface area contributed by atoms with Crippen molar-refractivity contribution in [2.75, 3.05) is 0 Å². The molecule has 0 saturated carbocycles. The molecule has 0 saturated heterocycles. The van der Waals surface area contributed by atoms with E-state index in [2.05, 4.69) is 15.0 Å². The molecule has 0 aliphatic rings. The monoisotopic (exact) mass is 225 g/mol. The van der Waals surface area contributed by atoms with Crippen LogP contribution in [0.2, 0.25) is 0 Å². The van der Waals surface area contributed by atoms with E-state index >= 15 is 0 Å². The van der Waals surface area contributed by atoms with Crippen LogP contribution in [0.15, 0.2) is 19.0 Å². The molecule has 0 N–H and O–H groups in total. The maximum atomic E-state index is 3.56. The van der Waals surface area contributed by atoms with Gasteiger partial charge in [-0.05, 0) is 0 Å². The van der Waals surface area contributed by atoms with Crippen LogP contribution in [0.25, 0.3) is 0 Å². The van der Waals surface area contributed by atoms with Gasteiger partial charge in [0, 0.05) is 0 Å². The highest BCUT2D eigenvalue weighted by Crippen LogP contribution is 1.57. The minimum Gasteiger partial charge on any atom is -0.225 e. The fourth-order valence-corrected chi connectivity index (χ4v) is 0.205. The zero-order chi connectivity index (χ0) is 4.24. The molecule has 62 valence electrons. The third-order valence-corrected chi connectivity index (χ3v) is 0.400. The average molecular weight is 227 g/mol. The second-order valence-electron chi connectivity index (χ2n) is 0.794. The molecule has 1 rings (SSSR count). The maximum absolute atomic E-state index is 3.56. The van der Waals surface area contributed by atoms with Gasteiger partial charge in [0.05, 0.1) is 0 Å². The van der Waals surface area contributed by atoms with E-state index < -0.39 is 0 Å². The molecule has 1 heterocycles. The summed E-state index contributed by atoms with van der Waals surface area (Å²) in [5.41, 5.74) is 0. The van der Waals surface area contributed by atoms with Gasteiger partial charge in [0.1, 0.15) is 19.0 Å². The van der Waals surface area contributed by atoms with Crippen molar-refractivity contribution in [1.82, 2.24) is 15.0 Å². The minimum absolute atomic E-state index is 0. The van der Waals surface area contributed by atoms with Crippen LogP contribution >= 0.6 is 49.6 Å². The Morgan fingerprint density at radius 2 is 0.700 bits per heavy atom. The van der Waals surface area contributed by atoms with Crippen molar-refractivity contribution < 1.29 is 0 Å². The van der Waals surface area contributed by atoms with Crippen molar-refractivity contribution in [2.24, 2.45) is 0 Å². The highest BCUT2D eigenvalue weighted by molar-refractivity contribution is 5.86. The van der Waals surface area contributed by atoms with Gasteiger partial charge in [-0.25, -0.2) is 15.0 Å². The van der Waals surface area contributed by atoms with Gasteiger partial charge in [0.2, 0.25) is 0 Å². The Morgan fingerprint density at radius 1 is 0.500 bits per heavy atom. The molecule has 3 nitrogen and oxygen atoms in total. The fourth-order valence-electron chi connectivity index (χ4n) is 0.205. The summed E-state index contributed by atoms with van der Waals surface area (Å²) < 4.78 is 0. The van der Waals surface area contributed by atoms with Crippen LogP contribution in [0.1, 0.15) is 0 Å². The zero-order valence-electron chi connectivity index (χ0n) is 4.71. The summed E-state index contributed by atoms with van der Waals surface area (Å²) >= 11 is 0. The molecule has 0 atom stereocenters. The molecule has 0 amide bonds. The number of nitrogens with zero attached hydrogens (tertiary/aromatic N) is 3. The summed E-state index contributed by atoms with van der Waals surface area (Å²) in [6.45, 7) is 0. The Morgan fingerprint density at radius 3 is 0.800 bits per heavy atom. The van der Waals surface area contributed by atoms with E-state index in [1.165, 1.54) is 19.0 Å². The predicted octanol–water partition coefficient (Wildman–Crippen LogP) is 1.56. The van der Waals surface area contributed by atoms with Gasteiger partial charge in [0.25, 0.3) is 0 Å². The minimum atomic E-state index is 0. The van der Waals surface area contributed by atoms with Crippen LogP contribution in [0, 0.1) is 0 Å². The van der Waals surface area contributed by atoms with Crippen LogP contribution in [0.4, 0.5) is 0 Å². The van der Waals surface area contributed by atoms with Gasteiger partial charge in [-0.3, -0.25) is 0 Å². The van der Waals surface area contributed by atoms with E-state index in [1.807, 2.05) is 0 Å². The SMILES string of the molecule is Cl.Cl.Cl.Cl.c1ncncn1. The summed E-state index contributed by atoms with van der Waals surface area (Å²) in [5.74, 6) is 0. The van der Waals surface area contributed by atoms with Crippen LogP contribution < -0.4 is 0 Å². The van der Waals surface area contributed by atoms with Crippen molar-refractivity contribution in [2.45, 2.75) is 0 Å². The van der Waals surface area contributed by atoms with Gasteiger partial charge in [-0.15, -0.1) is 49.6 Å². The molecule has 7 heteroatoms. The van der Waals surface area contributed by atoms with Gasteiger partial charge >= 0.3 is 0 Å². The predicted molar refractivity (Wildman–Crippen MR) is 48.8 cm³/mol. The number of hydrogen-bond acceptors (Lipinski definition) is 3. The van der Waals surface area contributed by atoms with Gasteiger partial charge < -0.3 is 0 Å². The quantitative estimate of drug-likeness (QED) is 0.674. The lowest BCUT2D eigenvalue weighted by Gasteiger charge is -1.69. The van der Waals surface area contributed by atoms with Crippen LogP contribution in [0.3, 0.4) is 0 Å². The van der Waals surface area contributed by atoms with Crippen molar-refractivity contribution in [3.05, 3.63) is 19.0 Å². The molecule has 0 bridgehead atoms. The number of halogens is 4. The first-order chi connectivity index (χ1) is 3.00. The highest BCUT2D eigenvalue weighted by atomic mass is 35.5. The van der Waals surface area contributed by atoms with Crippen LogP contribution in [-0.2, 0) is 0 Å². The molecule has 0 fully saturated rings. The van der Waals surface area contributed by atoms with E-state index in [-0.39, 0.29) is 49.6 Å². The molecule has 0 spiro atoms. The highest BCUT2D eigenvalue weighted by Gasteiger charge is 1.59. The second kappa shape index (κ2) is 16.1. The number of aromatic nitrogens is 3. The van der Waals surface area contributed by atoms with E-state index in [0.717, 1.165) is 0 Å². The smallest absolute Gasteiger partial charge is 0.119 e. The Bertz CT molecular complexity index is 87.7. The van der Waals surface area contributed by atoms with Gasteiger partial charge in [0.15, 0.2) is 0 Å². The van der Waals surface area contributed by atoms with Gasteiger partial charge in [-0.1, -0.05) is 0 Å². The first-order valence-corrected chi connectivity index (χ1v) is 1.55. The van der Waals surface area contributed by atoms with Crippen molar-refractivity contribution in [3.8, 4) is 0 Å². The normalized spacial score (nSPS) is 4.80. The first-order valence-electron chi connectivity index (χ1n) is 1.55. The summed E-state index contributed by atoms with van der Waals surface area (Å²) in [6, 6.07) is 0. The fraction of sp³-hybridized carbons (Fsp3) is 0. The topological polar surface area (TPSA) is 38.7 Å². The van der Waals surface area contributed by atoms with E-state index in [0.29, 0.717) is 0 Å². The van der Waals surface area contributed by atoms with E-state index in [9.17, 15) is 0 Å². The Hall–Kier alpha value is 0.170. The lowest BCUT2D eigenvalue weighted by Crippen LogP contribution is -1.73. The third-order valence-electron chi connectivity index (χ3n) is 0.400. The molecule has 1 aromatic rings. The number of hydrogen-bond donors (Lipinski definition) is 0. The van der Waals surface area contributed by atoms with Crippen molar-refractivity contribution in [3.63, 3.8) is 0 Å². The summed E-state index contributed by atoms with van der Waals surface area (Å²) in [5, 5.41) is 0. The molecule has 10 heavy (non-hydrogen) atoms. The summed E-state index contributed by atoms with van der Waals surface area (Å²) in [4.78, 5) is 10.7. The molecule has 0 aromatic carbocycles. The summed E-state index contributed by atoms with van der Waals surface area (Å²) in [6.07, 6.45) is 4.31.